The molecule has 2 aromatic rings. The third-order valence-corrected chi connectivity index (χ3v) is 2.30. The third-order valence-electron chi connectivity index (χ3n) is 2.07. The lowest BCUT2D eigenvalue weighted by atomic mass is 10.2. The van der Waals surface area contributed by atoms with E-state index in [4.69, 9.17) is 11.6 Å². The SMILES string of the molecule is Cc1cc(Cl)ccc1-n1ncnc1C=O. The molecule has 0 saturated carbocycles. The lowest BCUT2D eigenvalue weighted by Gasteiger charge is -2.06. The standard InChI is InChI=1S/C10H8ClN3O/c1-7-4-8(11)2-3-9(7)14-10(5-15)12-6-13-14/h2-6H,1H3. The van der Waals surface area contributed by atoms with Crippen LogP contribution in [0.5, 0.6) is 0 Å². The summed E-state index contributed by atoms with van der Waals surface area (Å²) in [7, 11) is 0. The molecule has 0 aliphatic rings. The first kappa shape index (κ1) is 9.86. The minimum absolute atomic E-state index is 0.278. The van der Waals surface area contributed by atoms with Crippen LogP contribution in [0.15, 0.2) is 24.5 Å². The summed E-state index contributed by atoms with van der Waals surface area (Å²) in [5.74, 6) is 0.278. The van der Waals surface area contributed by atoms with Crippen molar-refractivity contribution in [2.45, 2.75) is 6.92 Å². The van der Waals surface area contributed by atoms with E-state index < -0.39 is 0 Å². The first-order valence-corrected chi connectivity index (χ1v) is 4.72. The van der Waals surface area contributed by atoms with Crippen LogP contribution < -0.4 is 0 Å². The van der Waals surface area contributed by atoms with Crippen LogP contribution in [0.25, 0.3) is 5.69 Å². The molecular formula is C10H8ClN3O. The summed E-state index contributed by atoms with van der Waals surface area (Å²) in [5.41, 5.74) is 1.75. The fourth-order valence-corrected chi connectivity index (χ4v) is 1.60. The summed E-state index contributed by atoms with van der Waals surface area (Å²) in [6, 6.07) is 5.37. The Morgan fingerprint density at radius 1 is 1.47 bits per heavy atom. The zero-order chi connectivity index (χ0) is 10.8. The highest BCUT2D eigenvalue weighted by Gasteiger charge is 2.07. The van der Waals surface area contributed by atoms with Crippen molar-refractivity contribution in [3.05, 3.63) is 40.9 Å². The Hall–Kier alpha value is -1.68. The number of aryl methyl sites for hydroxylation is 1. The highest BCUT2D eigenvalue weighted by Crippen LogP contribution is 2.18. The summed E-state index contributed by atoms with van der Waals surface area (Å²) in [6.45, 7) is 1.90. The van der Waals surface area contributed by atoms with Gasteiger partial charge < -0.3 is 0 Å². The Balaban J connectivity index is 2.59. The van der Waals surface area contributed by atoms with Gasteiger partial charge in [-0.1, -0.05) is 11.6 Å². The Bertz CT molecular complexity index is 507. The Kier molecular flexibility index (Phi) is 2.51. The van der Waals surface area contributed by atoms with Crippen LogP contribution in [-0.2, 0) is 0 Å². The van der Waals surface area contributed by atoms with E-state index in [0.29, 0.717) is 11.3 Å². The van der Waals surface area contributed by atoms with E-state index in [9.17, 15) is 4.79 Å². The molecule has 4 nitrogen and oxygen atoms in total. The van der Waals surface area contributed by atoms with E-state index in [0.717, 1.165) is 11.3 Å². The van der Waals surface area contributed by atoms with Gasteiger partial charge in [0.15, 0.2) is 12.1 Å². The van der Waals surface area contributed by atoms with Gasteiger partial charge in [-0.3, -0.25) is 4.79 Å². The topological polar surface area (TPSA) is 47.8 Å². The minimum atomic E-state index is 0.278. The summed E-state index contributed by atoms with van der Waals surface area (Å²) < 4.78 is 1.48. The summed E-state index contributed by atoms with van der Waals surface area (Å²) in [4.78, 5) is 14.5. The van der Waals surface area contributed by atoms with E-state index >= 15 is 0 Å². The maximum atomic E-state index is 10.7. The molecule has 0 N–H and O–H groups in total. The monoisotopic (exact) mass is 221 g/mol. The second-order valence-corrected chi connectivity index (χ2v) is 3.52. The van der Waals surface area contributed by atoms with Crippen molar-refractivity contribution in [1.82, 2.24) is 14.8 Å². The molecule has 1 heterocycles. The number of rotatable bonds is 2. The molecular weight excluding hydrogens is 214 g/mol. The highest BCUT2D eigenvalue weighted by molar-refractivity contribution is 6.30. The number of carbonyl (C=O) groups excluding carboxylic acids is 1. The van der Waals surface area contributed by atoms with E-state index in [-0.39, 0.29) is 5.82 Å². The number of nitrogens with zero attached hydrogens (tertiary/aromatic N) is 3. The molecule has 15 heavy (non-hydrogen) atoms. The molecule has 0 saturated heterocycles. The Labute approximate surface area is 91.5 Å². The zero-order valence-corrected chi connectivity index (χ0v) is 8.77. The molecule has 76 valence electrons. The number of aldehydes is 1. The largest absolute Gasteiger partial charge is 0.294 e. The van der Waals surface area contributed by atoms with Crippen molar-refractivity contribution >= 4 is 17.9 Å². The van der Waals surface area contributed by atoms with Crippen LogP contribution >= 0.6 is 11.6 Å². The molecule has 0 unspecified atom stereocenters. The lowest BCUT2D eigenvalue weighted by molar-refractivity contribution is 0.111. The summed E-state index contributed by atoms with van der Waals surface area (Å²) in [5, 5.41) is 4.64. The third kappa shape index (κ3) is 1.76. The van der Waals surface area contributed by atoms with Gasteiger partial charge in [0.05, 0.1) is 5.69 Å². The number of hydrogen-bond donors (Lipinski definition) is 0. The first-order valence-electron chi connectivity index (χ1n) is 4.34. The zero-order valence-electron chi connectivity index (χ0n) is 8.01. The van der Waals surface area contributed by atoms with Crippen molar-refractivity contribution in [1.29, 1.82) is 0 Å². The van der Waals surface area contributed by atoms with E-state index in [2.05, 4.69) is 10.1 Å². The number of halogens is 1. The summed E-state index contributed by atoms with van der Waals surface area (Å²) >= 11 is 5.84. The van der Waals surface area contributed by atoms with Gasteiger partial charge in [-0.05, 0) is 30.7 Å². The Morgan fingerprint density at radius 3 is 2.93 bits per heavy atom. The van der Waals surface area contributed by atoms with E-state index in [1.807, 2.05) is 13.0 Å². The first-order chi connectivity index (χ1) is 7.22. The molecule has 0 radical (unpaired) electrons. The maximum absolute atomic E-state index is 10.7. The van der Waals surface area contributed by atoms with Gasteiger partial charge in [-0.2, -0.15) is 5.10 Å². The number of aromatic nitrogens is 3. The predicted octanol–water partition coefficient (Wildman–Crippen LogP) is 2.04. The molecule has 0 amide bonds. The van der Waals surface area contributed by atoms with E-state index in [1.165, 1.54) is 11.0 Å². The second-order valence-electron chi connectivity index (χ2n) is 3.08. The number of benzene rings is 1. The molecule has 0 spiro atoms. The predicted molar refractivity (Wildman–Crippen MR) is 56.5 cm³/mol. The fourth-order valence-electron chi connectivity index (χ4n) is 1.37. The van der Waals surface area contributed by atoms with Gasteiger partial charge in [-0.15, -0.1) is 0 Å². The fraction of sp³-hybridized carbons (Fsp3) is 0.100. The smallest absolute Gasteiger partial charge is 0.196 e. The van der Waals surface area contributed by atoms with Crippen molar-refractivity contribution in [3.63, 3.8) is 0 Å². The van der Waals surface area contributed by atoms with Crippen molar-refractivity contribution < 1.29 is 4.79 Å². The van der Waals surface area contributed by atoms with E-state index in [1.54, 1.807) is 12.1 Å². The van der Waals surface area contributed by atoms with Gasteiger partial charge in [0.25, 0.3) is 0 Å². The van der Waals surface area contributed by atoms with Gasteiger partial charge in [0.1, 0.15) is 6.33 Å². The minimum Gasteiger partial charge on any atom is -0.294 e. The van der Waals surface area contributed by atoms with Crippen molar-refractivity contribution in [2.75, 3.05) is 0 Å². The molecule has 1 aromatic carbocycles. The van der Waals surface area contributed by atoms with Gasteiger partial charge in [0, 0.05) is 5.02 Å². The molecule has 0 aliphatic heterocycles. The van der Waals surface area contributed by atoms with Crippen LogP contribution in [0.3, 0.4) is 0 Å². The van der Waals surface area contributed by atoms with Gasteiger partial charge >= 0.3 is 0 Å². The Morgan fingerprint density at radius 2 is 2.27 bits per heavy atom. The molecule has 2 rings (SSSR count). The lowest BCUT2D eigenvalue weighted by Crippen LogP contribution is -2.03. The molecule has 0 atom stereocenters. The second kappa shape index (κ2) is 3.82. The normalized spacial score (nSPS) is 10.3. The molecule has 0 fully saturated rings. The van der Waals surface area contributed by atoms with Crippen molar-refractivity contribution in [2.24, 2.45) is 0 Å². The van der Waals surface area contributed by atoms with Crippen LogP contribution in [0.1, 0.15) is 16.2 Å². The highest BCUT2D eigenvalue weighted by atomic mass is 35.5. The van der Waals surface area contributed by atoms with Crippen LogP contribution in [0.2, 0.25) is 5.02 Å². The molecule has 5 heteroatoms. The molecule has 0 aliphatic carbocycles. The van der Waals surface area contributed by atoms with Crippen LogP contribution in [0, 0.1) is 6.92 Å². The van der Waals surface area contributed by atoms with Gasteiger partial charge in [-0.25, -0.2) is 9.67 Å². The van der Waals surface area contributed by atoms with Gasteiger partial charge in [0.2, 0.25) is 0 Å². The quantitative estimate of drug-likeness (QED) is 0.730. The molecule has 0 bridgehead atoms. The average Bonchev–Trinajstić information content (AvgIpc) is 2.65. The van der Waals surface area contributed by atoms with Crippen molar-refractivity contribution in [3.8, 4) is 5.69 Å². The van der Waals surface area contributed by atoms with Crippen LogP contribution in [-0.4, -0.2) is 21.1 Å². The maximum Gasteiger partial charge on any atom is 0.196 e. The summed E-state index contributed by atoms with van der Waals surface area (Å²) in [6.07, 6.45) is 2.01. The van der Waals surface area contributed by atoms with Crippen LogP contribution in [0.4, 0.5) is 0 Å². The number of hydrogen-bond acceptors (Lipinski definition) is 3. The average molecular weight is 222 g/mol. The molecule has 1 aromatic heterocycles. The number of carbonyl (C=O) groups is 1.